The molecule has 0 aliphatic carbocycles. The van der Waals surface area contributed by atoms with Crippen LogP contribution < -0.4 is 0 Å². The lowest BCUT2D eigenvalue weighted by atomic mass is 9.89. The third kappa shape index (κ3) is 3.89. The van der Waals surface area contributed by atoms with Gasteiger partial charge in [0.2, 0.25) is 0 Å². The summed E-state index contributed by atoms with van der Waals surface area (Å²) in [6, 6.07) is 8.48. The molecule has 1 aromatic rings. The molecule has 1 aromatic carbocycles. The Hall–Kier alpha value is 0.140. The Labute approximate surface area is 108 Å². The van der Waals surface area contributed by atoms with Crippen molar-refractivity contribution in [2.75, 3.05) is 19.0 Å². The van der Waals surface area contributed by atoms with E-state index < -0.39 is 0 Å². The Morgan fingerprint density at radius 2 is 2.13 bits per heavy atom. The van der Waals surface area contributed by atoms with Crippen LogP contribution in [0.3, 0.4) is 0 Å². The highest BCUT2D eigenvalue weighted by Gasteiger charge is 2.18. The van der Waals surface area contributed by atoms with Gasteiger partial charge in [-0.3, -0.25) is 0 Å². The standard InChI is InChI=1S/C12H16Br2O/c1-9(8-15-2)12(7-13)10-4-3-5-11(14)6-10/h3-6,9,12H,7-8H2,1-2H3. The summed E-state index contributed by atoms with van der Waals surface area (Å²) >= 11 is 7.08. The molecule has 0 heterocycles. The first kappa shape index (κ1) is 13.2. The number of hydrogen-bond donors (Lipinski definition) is 0. The van der Waals surface area contributed by atoms with Crippen LogP contribution >= 0.6 is 31.9 Å². The quantitative estimate of drug-likeness (QED) is 0.732. The molecule has 0 saturated carbocycles. The molecule has 0 aliphatic heterocycles. The smallest absolute Gasteiger partial charge is 0.0493 e. The van der Waals surface area contributed by atoms with Crippen LogP contribution in [-0.2, 0) is 4.74 Å². The van der Waals surface area contributed by atoms with Crippen molar-refractivity contribution in [3.63, 3.8) is 0 Å². The number of rotatable bonds is 5. The fraction of sp³-hybridized carbons (Fsp3) is 0.500. The van der Waals surface area contributed by atoms with Crippen LogP contribution in [0.5, 0.6) is 0 Å². The maximum absolute atomic E-state index is 5.21. The van der Waals surface area contributed by atoms with E-state index in [-0.39, 0.29) is 0 Å². The minimum absolute atomic E-state index is 0.502. The first-order chi connectivity index (χ1) is 7.19. The lowest BCUT2D eigenvalue weighted by molar-refractivity contribution is 0.150. The zero-order valence-corrected chi connectivity index (χ0v) is 12.2. The highest BCUT2D eigenvalue weighted by molar-refractivity contribution is 9.10. The van der Waals surface area contributed by atoms with Crippen molar-refractivity contribution in [3.8, 4) is 0 Å². The van der Waals surface area contributed by atoms with Gasteiger partial charge >= 0.3 is 0 Å². The summed E-state index contributed by atoms with van der Waals surface area (Å²) in [6.45, 7) is 3.01. The maximum Gasteiger partial charge on any atom is 0.0493 e. The molecule has 0 N–H and O–H groups in total. The molecular weight excluding hydrogens is 320 g/mol. The van der Waals surface area contributed by atoms with Gasteiger partial charge in [-0.05, 0) is 29.5 Å². The highest BCUT2D eigenvalue weighted by Crippen LogP contribution is 2.28. The number of hydrogen-bond acceptors (Lipinski definition) is 1. The van der Waals surface area contributed by atoms with Crippen molar-refractivity contribution in [2.45, 2.75) is 12.8 Å². The summed E-state index contributed by atoms with van der Waals surface area (Å²) in [5.74, 6) is 1.02. The molecule has 0 amide bonds. The highest BCUT2D eigenvalue weighted by atomic mass is 79.9. The van der Waals surface area contributed by atoms with E-state index in [0.717, 1.165) is 16.4 Å². The average Bonchev–Trinajstić information content (AvgIpc) is 2.19. The molecule has 15 heavy (non-hydrogen) atoms. The fourth-order valence-corrected chi connectivity index (χ4v) is 3.11. The lowest BCUT2D eigenvalue weighted by Crippen LogP contribution is -2.16. The predicted octanol–water partition coefficient (Wildman–Crippen LogP) is 4.21. The molecule has 0 bridgehead atoms. The molecule has 84 valence electrons. The van der Waals surface area contributed by atoms with Gasteiger partial charge in [0.05, 0.1) is 0 Å². The van der Waals surface area contributed by atoms with Crippen LogP contribution in [-0.4, -0.2) is 19.0 Å². The van der Waals surface area contributed by atoms with E-state index in [1.807, 2.05) is 0 Å². The van der Waals surface area contributed by atoms with Gasteiger partial charge in [0.1, 0.15) is 0 Å². The summed E-state index contributed by atoms with van der Waals surface area (Å²) in [5, 5.41) is 0.966. The van der Waals surface area contributed by atoms with Crippen LogP contribution in [0.4, 0.5) is 0 Å². The van der Waals surface area contributed by atoms with Gasteiger partial charge < -0.3 is 4.74 Å². The normalized spacial score (nSPS) is 14.9. The van der Waals surface area contributed by atoms with Crippen LogP contribution in [0.25, 0.3) is 0 Å². The zero-order chi connectivity index (χ0) is 11.3. The summed E-state index contributed by atoms with van der Waals surface area (Å²) < 4.78 is 6.34. The van der Waals surface area contributed by atoms with Crippen LogP contribution in [0.15, 0.2) is 28.7 Å². The molecule has 0 saturated heterocycles. The largest absolute Gasteiger partial charge is 0.384 e. The molecule has 0 fully saturated rings. The SMILES string of the molecule is COCC(C)C(CBr)c1cccc(Br)c1. The second kappa shape index (κ2) is 6.66. The third-order valence-corrected chi connectivity index (χ3v) is 3.75. The van der Waals surface area contributed by atoms with Crippen molar-refractivity contribution < 1.29 is 4.74 Å². The van der Waals surface area contributed by atoms with Crippen molar-refractivity contribution in [2.24, 2.45) is 5.92 Å². The first-order valence-electron chi connectivity index (χ1n) is 4.99. The number of benzene rings is 1. The van der Waals surface area contributed by atoms with Crippen molar-refractivity contribution in [1.82, 2.24) is 0 Å². The Balaban J connectivity index is 2.82. The van der Waals surface area contributed by atoms with Crippen LogP contribution in [0, 0.1) is 5.92 Å². The van der Waals surface area contributed by atoms with Crippen molar-refractivity contribution >= 4 is 31.9 Å². The monoisotopic (exact) mass is 334 g/mol. The number of alkyl halides is 1. The van der Waals surface area contributed by atoms with E-state index in [1.54, 1.807) is 7.11 Å². The Kier molecular flexibility index (Phi) is 5.87. The van der Waals surface area contributed by atoms with Gasteiger partial charge in [0, 0.05) is 23.5 Å². The van der Waals surface area contributed by atoms with Crippen molar-refractivity contribution in [3.05, 3.63) is 34.3 Å². The summed E-state index contributed by atoms with van der Waals surface area (Å²) in [5.41, 5.74) is 1.35. The molecule has 0 aromatic heterocycles. The molecular formula is C12H16Br2O. The van der Waals surface area contributed by atoms with Gasteiger partial charge in [-0.25, -0.2) is 0 Å². The maximum atomic E-state index is 5.21. The van der Waals surface area contributed by atoms with Gasteiger partial charge in [0.15, 0.2) is 0 Å². The van der Waals surface area contributed by atoms with Gasteiger partial charge in [-0.15, -0.1) is 0 Å². The van der Waals surface area contributed by atoms with Gasteiger partial charge in [-0.2, -0.15) is 0 Å². The van der Waals surface area contributed by atoms with Gasteiger partial charge in [0.25, 0.3) is 0 Å². The molecule has 0 aliphatic rings. The van der Waals surface area contributed by atoms with Gasteiger partial charge in [-0.1, -0.05) is 50.9 Å². The minimum Gasteiger partial charge on any atom is -0.384 e. The zero-order valence-electron chi connectivity index (χ0n) is 9.04. The van der Waals surface area contributed by atoms with E-state index in [4.69, 9.17) is 4.74 Å². The number of ether oxygens (including phenoxy) is 1. The predicted molar refractivity (Wildman–Crippen MR) is 71.7 cm³/mol. The van der Waals surface area contributed by atoms with E-state index in [1.165, 1.54) is 5.56 Å². The molecule has 2 atom stereocenters. The molecule has 2 unspecified atom stereocenters. The lowest BCUT2D eigenvalue weighted by Gasteiger charge is -2.21. The van der Waals surface area contributed by atoms with Crippen LogP contribution in [0.2, 0.25) is 0 Å². The first-order valence-corrected chi connectivity index (χ1v) is 6.90. The second-order valence-corrected chi connectivity index (χ2v) is 5.31. The third-order valence-electron chi connectivity index (χ3n) is 2.56. The minimum atomic E-state index is 0.502. The Morgan fingerprint density at radius 1 is 1.40 bits per heavy atom. The van der Waals surface area contributed by atoms with E-state index in [9.17, 15) is 0 Å². The Morgan fingerprint density at radius 3 is 2.67 bits per heavy atom. The average molecular weight is 336 g/mol. The second-order valence-electron chi connectivity index (χ2n) is 3.75. The van der Waals surface area contributed by atoms with E-state index in [2.05, 4.69) is 63.0 Å². The molecule has 0 radical (unpaired) electrons. The molecule has 0 spiro atoms. The van der Waals surface area contributed by atoms with E-state index >= 15 is 0 Å². The van der Waals surface area contributed by atoms with E-state index in [0.29, 0.717) is 11.8 Å². The Bertz CT molecular complexity index is 301. The van der Waals surface area contributed by atoms with Crippen LogP contribution in [0.1, 0.15) is 18.4 Å². The molecule has 1 rings (SSSR count). The number of halogens is 2. The fourth-order valence-electron chi connectivity index (χ4n) is 1.69. The summed E-state index contributed by atoms with van der Waals surface area (Å²) in [4.78, 5) is 0. The molecule has 3 heteroatoms. The number of methoxy groups -OCH3 is 1. The topological polar surface area (TPSA) is 9.23 Å². The molecule has 1 nitrogen and oxygen atoms in total. The summed E-state index contributed by atoms with van der Waals surface area (Å²) in [6.07, 6.45) is 0. The van der Waals surface area contributed by atoms with Crippen molar-refractivity contribution in [1.29, 1.82) is 0 Å². The summed E-state index contributed by atoms with van der Waals surface area (Å²) in [7, 11) is 1.75.